The van der Waals surface area contributed by atoms with Gasteiger partial charge in [0.05, 0.1) is 12.8 Å². The third-order valence-corrected chi connectivity index (χ3v) is 6.03. The van der Waals surface area contributed by atoms with E-state index in [4.69, 9.17) is 16.3 Å². The Balaban J connectivity index is 1.79. The summed E-state index contributed by atoms with van der Waals surface area (Å²) in [4.78, 5) is 31.4. The van der Waals surface area contributed by atoms with Crippen LogP contribution in [0.4, 0.5) is 5.69 Å². The van der Waals surface area contributed by atoms with Crippen molar-refractivity contribution in [1.29, 1.82) is 0 Å². The summed E-state index contributed by atoms with van der Waals surface area (Å²) in [6.45, 7) is 2.88. The van der Waals surface area contributed by atoms with Crippen molar-refractivity contribution in [2.75, 3.05) is 20.2 Å². The van der Waals surface area contributed by atoms with Crippen molar-refractivity contribution in [2.45, 2.75) is 25.0 Å². The van der Waals surface area contributed by atoms with E-state index in [0.717, 1.165) is 17.0 Å². The van der Waals surface area contributed by atoms with E-state index >= 15 is 0 Å². The quantitative estimate of drug-likeness (QED) is 0.665. The van der Waals surface area contributed by atoms with Crippen LogP contribution >= 0.6 is 23.4 Å². The van der Waals surface area contributed by atoms with Crippen molar-refractivity contribution in [3.63, 3.8) is 0 Å². The van der Waals surface area contributed by atoms with E-state index in [1.54, 1.807) is 12.0 Å². The summed E-state index contributed by atoms with van der Waals surface area (Å²) in [6.07, 6.45) is 0.801. The number of benzene rings is 2. The number of halogens is 1. The van der Waals surface area contributed by atoms with E-state index < -0.39 is 5.25 Å². The molecule has 0 aromatic heterocycles. The van der Waals surface area contributed by atoms with E-state index in [2.05, 4.69) is 10.3 Å². The number of ether oxygens (including phenoxy) is 1. The lowest BCUT2D eigenvalue weighted by molar-refractivity contribution is -0.129. The number of hydrogen-bond donors (Lipinski definition) is 1. The summed E-state index contributed by atoms with van der Waals surface area (Å²) in [5.41, 5.74) is 1.80. The zero-order chi connectivity index (χ0) is 21.5. The number of aliphatic imine (C=N–C) groups is 1. The maximum Gasteiger partial charge on any atom is 0.242 e. The van der Waals surface area contributed by atoms with Crippen LogP contribution in [0, 0.1) is 0 Å². The monoisotopic (exact) mass is 445 g/mol. The molecule has 0 aliphatic carbocycles. The number of rotatable bonds is 8. The lowest BCUT2D eigenvalue weighted by atomic mass is 10.1. The fourth-order valence-electron chi connectivity index (χ4n) is 3.03. The third kappa shape index (κ3) is 5.77. The van der Waals surface area contributed by atoms with Crippen LogP contribution in [0.3, 0.4) is 0 Å². The highest BCUT2D eigenvalue weighted by molar-refractivity contribution is 8.15. The van der Waals surface area contributed by atoms with Crippen molar-refractivity contribution < 1.29 is 14.3 Å². The highest BCUT2D eigenvalue weighted by Gasteiger charge is 2.38. The first-order chi connectivity index (χ1) is 14.5. The van der Waals surface area contributed by atoms with Gasteiger partial charge < -0.3 is 10.1 Å². The summed E-state index contributed by atoms with van der Waals surface area (Å²) in [5, 5.41) is 3.57. The molecular weight excluding hydrogens is 422 g/mol. The van der Waals surface area contributed by atoms with E-state index in [1.165, 1.54) is 11.8 Å². The molecule has 1 fully saturated rings. The molecule has 0 saturated carbocycles. The SMILES string of the molecule is CCNC(=O)C[C@H]1SC(=Nc2ccc(OC)cc2)N(CCc2ccc(Cl)cc2)C1=O. The van der Waals surface area contributed by atoms with Gasteiger partial charge in [-0.15, -0.1) is 0 Å². The molecule has 1 saturated heterocycles. The molecule has 0 bridgehead atoms. The van der Waals surface area contributed by atoms with Crippen molar-refractivity contribution in [3.05, 3.63) is 59.1 Å². The zero-order valence-electron chi connectivity index (χ0n) is 16.9. The maximum atomic E-state index is 13.0. The van der Waals surface area contributed by atoms with Gasteiger partial charge in [0, 0.05) is 24.5 Å². The molecular formula is C22H24ClN3O3S. The number of nitrogens with zero attached hydrogens (tertiary/aromatic N) is 2. The molecule has 1 aliphatic rings. The third-order valence-electron chi connectivity index (χ3n) is 4.60. The minimum absolute atomic E-state index is 0.0903. The fraction of sp³-hybridized carbons (Fsp3) is 0.318. The first kappa shape index (κ1) is 22.2. The number of hydrogen-bond acceptors (Lipinski definition) is 5. The van der Waals surface area contributed by atoms with Gasteiger partial charge in [-0.3, -0.25) is 14.5 Å². The summed E-state index contributed by atoms with van der Waals surface area (Å²) in [7, 11) is 1.61. The van der Waals surface area contributed by atoms with Gasteiger partial charge in [-0.1, -0.05) is 35.5 Å². The second-order valence-corrected chi connectivity index (χ2v) is 8.33. The van der Waals surface area contributed by atoms with Crippen LogP contribution in [-0.4, -0.2) is 47.3 Å². The number of carbonyl (C=O) groups excluding carboxylic acids is 2. The van der Waals surface area contributed by atoms with E-state index in [0.29, 0.717) is 29.7 Å². The first-order valence-corrected chi connectivity index (χ1v) is 11.0. The minimum atomic E-state index is -0.473. The molecule has 1 aliphatic heterocycles. The van der Waals surface area contributed by atoms with E-state index in [1.807, 2.05) is 55.5 Å². The molecule has 0 unspecified atom stereocenters. The molecule has 158 valence electrons. The van der Waals surface area contributed by atoms with Gasteiger partial charge >= 0.3 is 0 Å². The normalized spacial score (nSPS) is 17.4. The van der Waals surface area contributed by atoms with Crippen molar-refractivity contribution in [1.82, 2.24) is 10.2 Å². The second-order valence-electron chi connectivity index (χ2n) is 6.72. The average molecular weight is 446 g/mol. The Labute approximate surface area is 185 Å². The molecule has 2 aromatic rings. The number of amides is 2. The lowest BCUT2D eigenvalue weighted by Gasteiger charge is -2.16. The smallest absolute Gasteiger partial charge is 0.242 e. The van der Waals surface area contributed by atoms with E-state index in [9.17, 15) is 9.59 Å². The summed E-state index contributed by atoms with van der Waals surface area (Å²) in [6, 6.07) is 14.9. The number of thioether (sulfide) groups is 1. The van der Waals surface area contributed by atoms with Gasteiger partial charge in [0.2, 0.25) is 11.8 Å². The van der Waals surface area contributed by atoms with Crippen LogP contribution in [0.25, 0.3) is 0 Å². The van der Waals surface area contributed by atoms with Gasteiger partial charge in [-0.05, 0) is 55.3 Å². The van der Waals surface area contributed by atoms with Crippen LogP contribution in [0.15, 0.2) is 53.5 Å². The van der Waals surface area contributed by atoms with Crippen LogP contribution < -0.4 is 10.1 Å². The Morgan fingerprint density at radius 3 is 2.53 bits per heavy atom. The van der Waals surface area contributed by atoms with Gasteiger partial charge in [-0.2, -0.15) is 0 Å². The van der Waals surface area contributed by atoms with Gasteiger partial charge in [0.25, 0.3) is 0 Å². The minimum Gasteiger partial charge on any atom is -0.497 e. The predicted octanol–water partition coefficient (Wildman–Crippen LogP) is 4.05. The molecule has 0 spiro atoms. The highest BCUT2D eigenvalue weighted by Crippen LogP contribution is 2.32. The summed E-state index contributed by atoms with van der Waals surface area (Å²) in [5.74, 6) is 0.516. The van der Waals surface area contributed by atoms with Crippen LogP contribution in [0.5, 0.6) is 5.75 Å². The second kappa shape index (κ2) is 10.5. The number of methoxy groups -OCH3 is 1. The summed E-state index contributed by atoms with van der Waals surface area (Å²) < 4.78 is 5.19. The highest BCUT2D eigenvalue weighted by atomic mass is 35.5. The van der Waals surface area contributed by atoms with Crippen molar-refractivity contribution in [2.24, 2.45) is 4.99 Å². The molecule has 3 rings (SSSR count). The lowest BCUT2D eigenvalue weighted by Crippen LogP contribution is -2.36. The average Bonchev–Trinajstić information content (AvgIpc) is 3.02. The molecule has 1 N–H and O–H groups in total. The molecule has 30 heavy (non-hydrogen) atoms. The molecule has 2 aromatic carbocycles. The number of amidine groups is 1. The largest absolute Gasteiger partial charge is 0.497 e. The van der Waals surface area contributed by atoms with E-state index in [-0.39, 0.29) is 18.2 Å². The van der Waals surface area contributed by atoms with Crippen molar-refractivity contribution >= 4 is 46.0 Å². The Bertz CT molecular complexity index is 916. The van der Waals surface area contributed by atoms with Crippen LogP contribution in [0.1, 0.15) is 18.9 Å². The Hall–Kier alpha value is -2.51. The number of carbonyl (C=O) groups is 2. The first-order valence-electron chi connectivity index (χ1n) is 9.72. The Kier molecular flexibility index (Phi) is 7.76. The molecule has 0 radical (unpaired) electrons. The van der Waals surface area contributed by atoms with Crippen LogP contribution in [-0.2, 0) is 16.0 Å². The maximum absolute atomic E-state index is 13.0. The molecule has 8 heteroatoms. The standard InChI is InChI=1S/C22H24ClN3O3S/c1-3-24-20(27)14-19-21(28)26(13-12-15-4-6-16(23)7-5-15)22(30-19)25-17-8-10-18(29-2)11-9-17/h4-11,19H,3,12-14H2,1-2H3,(H,24,27)/t19-/m1/s1. The number of nitrogens with one attached hydrogen (secondary N) is 1. The van der Waals surface area contributed by atoms with Crippen molar-refractivity contribution in [3.8, 4) is 5.75 Å². The fourth-order valence-corrected chi connectivity index (χ4v) is 4.34. The Morgan fingerprint density at radius 1 is 1.20 bits per heavy atom. The molecule has 2 amide bonds. The predicted molar refractivity (Wildman–Crippen MR) is 122 cm³/mol. The van der Waals surface area contributed by atoms with Gasteiger partial charge in [-0.25, -0.2) is 4.99 Å². The topological polar surface area (TPSA) is 71.0 Å². The van der Waals surface area contributed by atoms with Crippen LogP contribution in [0.2, 0.25) is 5.02 Å². The molecule has 1 atom stereocenters. The molecule has 6 nitrogen and oxygen atoms in total. The summed E-state index contributed by atoms with van der Waals surface area (Å²) >= 11 is 7.29. The zero-order valence-corrected chi connectivity index (χ0v) is 18.5. The molecule has 1 heterocycles. The Morgan fingerprint density at radius 2 is 1.90 bits per heavy atom. The van der Waals surface area contributed by atoms with Gasteiger partial charge in [0.15, 0.2) is 5.17 Å². The van der Waals surface area contributed by atoms with Gasteiger partial charge in [0.1, 0.15) is 11.0 Å².